The van der Waals surface area contributed by atoms with Crippen LogP contribution in [0.1, 0.15) is 20.3 Å². The third-order valence-electron chi connectivity index (χ3n) is 5.65. The van der Waals surface area contributed by atoms with E-state index < -0.39 is 11.4 Å². The largest absolute Gasteiger partial charge is 0.507 e. The molecule has 32 heavy (non-hydrogen) atoms. The average Bonchev–Trinajstić information content (AvgIpc) is 3.11. The number of benzene rings is 3. The molecule has 1 unspecified atom stereocenters. The van der Waals surface area contributed by atoms with Gasteiger partial charge in [-0.05, 0) is 49.2 Å². The molecule has 1 atom stereocenters. The Bertz CT molecular complexity index is 1200. The molecule has 1 amide bonds. The molecule has 3 N–H and O–H groups in total. The van der Waals surface area contributed by atoms with Gasteiger partial charge in [-0.15, -0.1) is 0 Å². The number of hydrogen-bond acceptors (Lipinski definition) is 4. The summed E-state index contributed by atoms with van der Waals surface area (Å²) in [4.78, 5) is 13.5. The monoisotopic (exact) mass is 454 g/mol. The van der Waals surface area contributed by atoms with Gasteiger partial charge in [0, 0.05) is 42.4 Å². The van der Waals surface area contributed by atoms with Crippen molar-refractivity contribution in [3.05, 3.63) is 65.4 Å². The smallest absolute Gasteiger partial charge is 0.221 e. The number of amides is 1. The third-order valence-corrected chi connectivity index (χ3v) is 6.06. The van der Waals surface area contributed by atoms with Crippen molar-refractivity contribution in [2.75, 3.05) is 23.3 Å². The predicted octanol–water partition coefficient (Wildman–Crippen LogP) is 5.44. The molecule has 0 aromatic heterocycles. The quantitative estimate of drug-likeness (QED) is 0.491. The highest BCUT2D eigenvalue weighted by Crippen LogP contribution is 2.44. The highest BCUT2D eigenvalue weighted by molar-refractivity contribution is 6.36. The minimum Gasteiger partial charge on any atom is -0.507 e. The number of nitrogens with zero attached hydrogens (tertiary/aromatic N) is 1. The number of carbonyl (C=O) groups is 1. The zero-order valence-electron chi connectivity index (χ0n) is 17.8. The van der Waals surface area contributed by atoms with E-state index in [2.05, 4.69) is 10.2 Å². The van der Waals surface area contributed by atoms with E-state index in [1.165, 1.54) is 19.1 Å². The normalized spacial score (nSPS) is 18.1. The molecule has 0 aliphatic carbocycles. The van der Waals surface area contributed by atoms with Crippen molar-refractivity contribution in [2.24, 2.45) is 0 Å². The zero-order chi connectivity index (χ0) is 23.0. The van der Waals surface area contributed by atoms with Crippen LogP contribution in [0, 0.1) is 5.82 Å². The molecule has 7 heteroatoms. The molecule has 3 aromatic rings. The summed E-state index contributed by atoms with van der Waals surface area (Å²) in [7, 11) is 0. The summed E-state index contributed by atoms with van der Waals surface area (Å²) < 4.78 is 14.7. The molecule has 1 aliphatic rings. The molecular weight excluding hydrogens is 431 g/mol. The Morgan fingerprint density at radius 2 is 1.84 bits per heavy atom. The lowest BCUT2D eigenvalue weighted by molar-refractivity contribution is -0.114. The Hall–Kier alpha value is -3.09. The number of rotatable bonds is 4. The summed E-state index contributed by atoms with van der Waals surface area (Å²) in [5.41, 5.74) is 2.12. The SMILES string of the molecule is CC(=O)Nc1cccc(-c2cc(F)cc(-c3cccc(N4CCC(C)(O)C4)c3)c2O)c1Cl. The van der Waals surface area contributed by atoms with Gasteiger partial charge in [-0.3, -0.25) is 4.79 Å². The molecule has 1 aliphatic heterocycles. The van der Waals surface area contributed by atoms with Gasteiger partial charge in [0.15, 0.2) is 0 Å². The number of phenolic OH excluding ortho intramolecular Hbond substituents is 1. The summed E-state index contributed by atoms with van der Waals surface area (Å²) in [6, 6.07) is 14.9. The van der Waals surface area contributed by atoms with E-state index in [0.29, 0.717) is 41.9 Å². The number of hydrogen-bond donors (Lipinski definition) is 3. The van der Waals surface area contributed by atoms with Gasteiger partial charge in [0.1, 0.15) is 11.6 Å². The second-order valence-electron chi connectivity index (χ2n) is 8.42. The second-order valence-corrected chi connectivity index (χ2v) is 8.79. The minimum atomic E-state index is -0.750. The molecule has 166 valence electrons. The van der Waals surface area contributed by atoms with Crippen LogP contribution in [0.25, 0.3) is 22.3 Å². The molecule has 0 radical (unpaired) electrons. The van der Waals surface area contributed by atoms with E-state index in [9.17, 15) is 19.4 Å². The number of aliphatic hydroxyl groups is 1. The van der Waals surface area contributed by atoms with Gasteiger partial charge in [-0.1, -0.05) is 35.9 Å². The highest BCUT2D eigenvalue weighted by Gasteiger charge is 2.31. The highest BCUT2D eigenvalue weighted by atomic mass is 35.5. The van der Waals surface area contributed by atoms with Crippen LogP contribution in [0.15, 0.2) is 54.6 Å². The lowest BCUT2D eigenvalue weighted by atomic mass is 9.96. The van der Waals surface area contributed by atoms with Crippen molar-refractivity contribution in [3.63, 3.8) is 0 Å². The van der Waals surface area contributed by atoms with Gasteiger partial charge in [-0.2, -0.15) is 0 Å². The van der Waals surface area contributed by atoms with Crippen LogP contribution < -0.4 is 10.2 Å². The molecule has 1 fully saturated rings. The number of nitrogens with one attached hydrogen (secondary N) is 1. The molecule has 0 saturated carbocycles. The number of aromatic hydroxyl groups is 1. The van der Waals surface area contributed by atoms with E-state index in [1.807, 2.05) is 18.2 Å². The molecular formula is C25H24ClFN2O3. The number of β-amino-alcohol motifs (C(OH)–C–C–N with tert-alkyl or cyclic N) is 1. The first-order valence-electron chi connectivity index (χ1n) is 10.3. The van der Waals surface area contributed by atoms with Crippen LogP contribution in [-0.2, 0) is 4.79 Å². The van der Waals surface area contributed by atoms with Crippen LogP contribution in [0.3, 0.4) is 0 Å². The molecule has 5 nitrogen and oxygen atoms in total. The number of halogens is 2. The first-order chi connectivity index (χ1) is 15.1. The summed E-state index contributed by atoms with van der Waals surface area (Å²) in [6.45, 7) is 4.39. The fourth-order valence-electron chi connectivity index (χ4n) is 4.09. The average molecular weight is 455 g/mol. The molecule has 1 saturated heterocycles. The van der Waals surface area contributed by atoms with Gasteiger partial charge in [0.05, 0.1) is 16.3 Å². The fourth-order valence-corrected chi connectivity index (χ4v) is 4.36. The van der Waals surface area contributed by atoms with E-state index in [4.69, 9.17) is 11.6 Å². The zero-order valence-corrected chi connectivity index (χ0v) is 18.6. The Kier molecular flexibility index (Phi) is 5.84. The summed E-state index contributed by atoms with van der Waals surface area (Å²) in [5.74, 6) is -0.923. The fraction of sp³-hybridized carbons (Fsp3) is 0.240. The van der Waals surface area contributed by atoms with Crippen LogP contribution >= 0.6 is 11.6 Å². The third kappa shape index (κ3) is 4.42. The Morgan fingerprint density at radius 3 is 2.53 bits per heavy atom. The van der Waals surface area contributed by atoms with Crippen LogP contribution in [0.4, 0.5) is 15.8 Å². The molecule has 4 rings (SSSR count). The van der Waals surface area contributed by atoms with Crippen molar-refractivity contribution < 1.29 is 19.4 Å². The van der Waals surface area contributed by atoms with Crippen molar-refractivity contribution in [1.29, 1.82) is 0 Å². The first-order valence-corrected chi connectivity index (χ1v) is 10.7. The van der Waals surface area contributed by atoms with Crippen LogP contribution in [-0.4, -0.2) is 34.8 Å². The van der Waals surface area contributed by atoms with Gasteiger partial charge >= 0.3 is 0 Å². The summed E-state index contributed by atoms with van der Waals surface area (Å²) in [6.07, 6.45) is 0.662. The van der Waals surface area contributed by atoms with Crippen molar-refractivity contribution >= 4 is 28.9 Å². The molecule has 1 heterocycles. The lowest BCUT2D eigenvalue weighted by Crippen LogP contribution is -2.29. The van der Waals surface area contributed by atoms with E-state index in [-0.39, 0.29) is 22.2 Å². The first kappa shape index (κ1) is 22.1. The number of carbonyl (C=O) groups excluding carboxylic acids is 1. The van der Waals surface area contributed by atoms with Crippen LogP contribution in [0.2, 0.25) is 5.02 Å². The predicted molar refractivity (Wildman–Crippen MR) is 126 cm³/mol. The van der Waals surface area contributed by atoms with Gasteiger partial charge in [0.25, 0.3) is 0 Å². The summed E-state index contributed by atoms with van der Waals surface area (Å²) >= 11 is 6.47. The molecule has 0 bridgehead atoms. The Morgan fingerprint density at radius 1 is 1.12 bits per heavy atom. The maximum absolute atomic E-state index is 14.7. The summed E-state index contributed by atoms with van der Waals surface area (Å²) in [5, 5.41) is 24.2. The van der Waals surface area contributed by atoms with Crippen molar-refractivity contribution in [3.8, 4) is 28.0 Å². The van der Waals surface area contributed by atoms with E-state index >= 15 is 0 Å². The van der Waals surface area contributed by atoms with E-state index in [0.717, 1.165) is 5.69 Å². The minimum absolute atomic E-state index is 0.112. The maximum atomic E-state index is 14.7. The number of anilines is 2. The maximum Gasteiger partial charge on any atom is 0.221 e. The van der Waals surface area contributed by atoms with Gasteiger partial charge in [0.2, 0.25) is 5.91 Å². The Balaban J connectivity index is 1.78. The van der Waals surface area contributed by atoms with E-state index in [1.54, 1.807) is 31.2 Å². The topological polar surface area (TPSA) is 72.8 Å². The second kappa shape index (κ2) is 8.45. The Labute approximate surface area is 191 Å². The molecule has 3 aromatic carbocycles. The number of phenols is 1. The van der Waals surface area contributed by atoms with Gasteiger partial charge in [-0.25, -0.2) is 4.39 Å². The standard InChI is InChI=1S/C25H24ClFN2O3/c1-15(30)28-22-8-4-7-19(23(22)26)21-13-17(27)12-20(24(21)31)16-5-3-6-18(11-16)29-10-9-25(2,32)14-29/h3-8,11-13,31-32H,9-10,14H2,1-2H3,(H,28,30). The van der Waals surface area contributed by atoms with Crippen molar-refractivity contribution in [2.45, 2.75) is 25.9 Å². The van der Waals surface area contributed by atoms with Crippen LogP contribution in [0.5, 0.6) is 5.75 Å². The molecule has 0 spiro atoms. The lowest BCUT2D eigenvalue weighted by Gasteiger charge is -2.22. The van der Waals surface area contributed by atoms with Crippen molar-refractivity contribution in [1.82, 2.24) is 0 Å². The van der Waals surface area contributed by atoms with Gasteiger partial charge < -0.3 is 20.4 Å².